The molecule has 0 amide bonds. The minimum Gasteiger partial charge on any atom is -0.468 e. The van der Waals surface area contributed by atoms with Gasteiger partial charge in [0, 0.05) is 11.9 Å². The molecule has 0 aliphatic rings. The zero-order chi connectivity index (χ0) is 12.1. The van der Waals surface area contributed by atoms with Crippen molar-refractivity contribution in [2.75, 3.05) is 7.05 Å². The first kappa shape index (κ1) is 12.3. The normalized spacial score (nSPS) is 11.2. The Bertz CT molecular complexity index is 436. The van der Waals surface area contributed by atoms with E-state index < -0.39 is 0 Å². The third-order valence-corrected chi connectivity index (χ3v) is 3.46. The SMILES string of the molecule is CCCc1nc(CN(C)Cc2ccco2)cs1. The van der Waals surface area contributed by atoms with E-state index in [1.165, 1.54) is 5.01 Å². The lowest BCUT2D eigenvalue weighted by molar-refractivity contribution is 0.285. The molecule has 0 aliphatic heterocycles. The van der Waals surface area contributed by atoms with Crippen LogP contribution in [-0.4, -0.2) is 16.9 Å². The summed E-state index contributed by atoms with van der Waals surface area (Å²) in [4.78, 5) is 6.83. The Morgan fingerprint density at radius 3 is 3.00 bits per heavy atom. The fraction of sp³-hybridized carbons (Fsp3) is 0.462. The van der Waals surface area contributed by atoms with E-state index in [4.69, 9.17) is 4.42 Å². The molecule has 2 heterocycles. The first-order valence-electron chi connectivity index (χ1n) is 5.92. The molecule has 0 fully saturated rings. The van der Waals surface area contributed by atoms with Crippen molar-refractivity contribution < 1.29 is 4.42 Å². The predicted octanol–water partition coefficient (Wildman–Crippen LogP) is 3.32. The second-order valence-corrected chi connectivity index (χ2v) is 5.18. The molecule has 3 nitrogen and oxygen atoms in total. The van der Waals surface area contributed by atoms with E-state index in [9.17, 15) is 0 Å². The van der Waals surface area contributed by atoms with Gasteiger partial charge in [-0.3, -0.25) is 4.90 Å². The van der Waals surface area contributed by atoms with Gasteiger partial charge >= 0.3 is 0 Å². The Morgan fingerprint density at radius 2 is 2.29 bits per heavy atom. The second-order valence-electron chi connectivity index (χ2n) is 4.23. The topological polar surface area (TPSA) is 29.3 Å². The van der Waals surface area contributed by atoms with Gasteiger partial charge in [-0.25, -0.2) is 4.98 Å². The van der Waals surface area contributed by atoms with Crippen LogP contribution in [-0.2, 0) is 19.5 Å². The summed E-state index contributed by atoms with van der Waals surface area (Å²) in [5, 5.41) is 3.40. The average molecular weight is 250 g/mol. The molecule has 0 unspecified atom stereocenters. The van der Waals surface area contributed by atoms with Crippen LogP contribution in [0.15, 0.2) is 28.2 Å². The number of nitrogens with zero attached hydrogens (tertiary/aromatic N) is 2. The maximum absolute atomic E-state index is 5.33. The lowest BCUT2D eigenvalue weighted by Gasteiger charge is -2.12. The first-order valence-corrected chi connectivity index (χ1v) is 6.80. The quantitative estimate of drug-likeness (QED) is 0.787. The molecule has 0 aromatic carbocycles. The van der Waals surface area contributed by atoms with Crippen LogP contribution >= 0.6 is 11.3 Å². The van der Waals surface area contributed by atoms with E-state index >= 15 is 0 Å². The van der Waals surface area contributed by atoms with Crippen molar-refractivity contribution in [1.82, 2.24) is 9.88 Å². The van der Waals surface area contributed by atoms with Crippen molar-refractivity contribution in [3.05, 3.63) is 40.2 Å². The molecule has 0 spiro atoms. The molecule has 0 atom stereocenters. The van der Waals surface area contributed by atoms with Gasteiger partial charge in [-0.2, -0.15) is 0 Å². The third-order valence-electron chi connectivity index (χ3n) is 2.50. The zero-order valence-electron chi connectivity index (χ0n) is 10.3. The molecule has 0 saturated carbocycles. The van der Waals surface area contributed by atoms with Crippen LogP contribution in [0, 0.1) is 0 Å². The summed E-state index contributed by atoms with van der Waals surface area (Å²) in [5.41, 5.74) is 1.16. The number of furan rings is 1. The van der Waals surface area contributed by atoms with E-state index in [1.807, 2.05) is 12.1 Å². The Labute approximate surface area is 106 Å². The van der Waals surface area contributed by atoms with Gasteiger partial charge in [0.05, 0.1) is 23.5 Å². The summed E-state index contributed by atoms with van der Waals surface area (Å²) in [7, 11) is 2.08. The summed E-state index contributed by atoms with van der Waals surface area (Å²) in [6, 6.07) is 3.92. The van der Waals surface area contributed by atoms with Crippen LogP contribution in [0.2, 0.25) is 0 Å². The van der Waals surface area contributed by atoms with Gasteiger partial charge in [0.1, 0.15) is 5.76 Å². The highest BCUT2D eigenvalue weighted by atomic mass is 32.1. The van der Waals surface area contributed by atoms with E-state index in [-0.39, 0.29) is 0 Å². The molecule has 0 bridgehead atoms. The molecule has 4 heteroatoms. The van der Waals surface area contributed by atoms with Crippen LogP contribution in [0.25, 0.3) is 0 Å². The van der Waals surface area contributed by atoms with Gasteiger partial charge in [0.15, 0.2) is 0 Å². The van der Waals surface area contributed by atoms with Crippen molar-refractivity contribution >= 4 is 11.3 Å². The lowest BCUT2D eigenvalue weighted by Crippen LogP contribution is -2.17. The monoisotopic (exact) mass is 250 g/mol. The van der Waals surface area contributed by atoms with Gasteiger partial charge in [-0.05, 0) is 32.0 Å². The highest BCUT2D eigenvalue weighted by Gasteiger charge is 2.06. The molecule has 17 heavy (non-hydrogen) atoms. The molecule has 92 valence electrons. The standard InChI is InChI=1S/C13H18N2OS/c1-3-5-13-14-11(10-17-13)8-15(2)9-12-6-4-7-16-12/h4,6-7,10H,3,5,8-9H2,1-2H3. The number of hydrogen-bond acceptors (Lipinski definition) is 4. The summed E-state index contributed by atoms with van der Waals surface area (Å²) in [6.07, 6.45) is 3.97. The number of hydrogen-bond donors (Lipinski definition) is 0. The zero-order valence-corrected chi connectivity index (χ0v) is 11.2. The van der Waals surface area contributed by atoms with Crippen LogP contribution in [0.3, 0.4) is 0 Å². The fourth-order valence-corrected chi connectivity index (χ4v) is 2.64. The Morgan fingerprint density at radius 1 is 1.41 bits per heavy atom. The van der Waals surface area contributed by atoms with Crippen LogP contribution in [0.5, 0.6) is 0 Å². The van der Waals surface area contributed by atoms with E-state index in [1.54, 1.807) is 17.6 Å². The van der Waals surface area contributed by atoms with Crippen molar-refractivity contribution in [2.45, 2.75) is 32.9 Å². The highest BCUT2D eigenvalue weighted by molar-refractivity contribution is 7.09. The van der Waals surface area contributed by atoms with Gasteiger partial charge in [-0.15, -0.1) is 11.3 Å². The Hall–Kier alpha value is -1.13. The minimum absolute atomic E-state index is 0.827. The van der Waals surface area contributed by atoms with Crippen LogP contribution in [0.4, 0.5) is 0 Å². The summed E-state index contributed by atoms with van der Waals surface area (Å²) < 4.78 is 5.33. The molecule has 2 rings (SSSR count). The average Bonchev–Trinajstić information content (AvgIpc) is 2.91. The fourth-order valence-electron chi connectivity index (χ4n) is 1.75. The lowest BCUT2D eigenvalue weighted by atomic mass is 10.3. The minimum atomic E-state index is 0.827. The number of aromatic nitrogens is 1. The Balaban J connectivity index is 1.86. The molecular weight excluding hydrogens is 232 g/mol. The van der Waals surface area contributed by atoms with Crippen molar-refractivity contribution in [2.24, 2.45) is 0 Å². The van der Waals surface area contributed by atoms with Gasteiger partial charge in [0.25, 0.3) is 0 Å². The molecular formula is C13H18N2OS. The maximum atomic E-state index is 5.33. The predicted molar refractivity (Wildman–Crippen MR) is 70.0 cm³/mol. The second kappa shape index (κ2) is 5.98. The molecule has 0 aliphatic carbocycles. The van der Waals surface area contributed by atoms with Gasteiger partial charge in [-0.1, -0.05) is 6.92 Å². The van der Waals surface area contributed by atoms with E-state index in [0.29, 0.717) is 0 Å². The summed E-state index contributed by atoms with van der Waals surface area (Å²) in [6.45, 7) is 3.89. The molecule has 0 saturated heterocycles. The number of thiazole rings is 1. The van der Waals surface area contributed by atoms with Gasteiger partial charge < -0.3 is 4.42 Å². The van der Waals surface area contributed by atoms with Crippen molar-refractivity contribution in [3.8, 4) is 0 Å². The molecule has 0 N–H and O–H groups in total. The highest BCUT2D eigenvalue weighted by Crippen LogP contribution is 2.14. The molecule has 2 aromatic rings. The summed E-state index contributed by atoms with van der Waals surface area (Å²) >= 11 is 1.76. The van der Waals surface area contributed by atoms with E-state index in [2.05, 4.69) is 29.2 Å². The first-order chi connectivity index (χ1) is 8.28. The van der Waals surface area contributed by atoms with E-state index in [0.717, 1.165) is 37.4 Å². The number of aryl methyl sites for hydroxylation is 1. The van der Waals surface area contributed by atoms with Gasteiger partial charge in [0.2, 0.25) is 0 Å². The number of rotatable bonds is 6. The van der Waals surface area contributed by atoms with Crippen molar-refractivity contribution in [3.63, 3.8) is 0 Å². The smallest absolute Gasteiger partial charge is 0.117 e. The van der Waals surface area contributed by atoms with Crippen molar-refractivity contribution in [1.29, 1.82) is 0 Å². The molecule has 0 radical (unpaired) electrons. The maximum Gasteiger partial charge on any atom is 0.117 e. The largest absolute Gasteiger partial charge is 0.468 e. The molecule has 2 aromatic heterocycles. The van der Waals surface area contributed by atoms with Crippen LogP contribution in [0.1, 0.15) is 29.8 Å². The van der Waals surface area contributed by atoms with Crippen LogP contribution < -0.4 is 0 Å². The summed E-state index contributed by atoms with van der Waals surface area (Å²) in [5.74, 6) is 0.997. The third kappa shape index (κ3) is 3.68. The Kier molecular flexibility index (Phi) is 4.34.